The lowest BCUT2D eigenvalue weighted by molar-refractivity contribution is -0.0253. The molecule has 0 fully saturated rings. The number of nitriles is 1. The molecule has 2 aromatic carbocycles. The monoisotopic (exact) mass is 358 g/mol. The summed E-state index contributed by atoms with van der Waals surface area (Å²) in [6.07, 6.45) is -1.14. The molecule has 1 heterocycles. The van der Waals surface area contributed by atoms with E-state index in [1.165, 1.54) is 6.07 Å². The number of hydrogen-bond acceptors (Lipinski definition) is 4. The fourth-order valence-electron chi connectivity index (χ4n) is 2.96. The highest BCUT2D eigenvalue weighted by Gasteiger charge is 2.44. The fraction of sp³-hybridized carbons (Fsp3) is 0.263. The number of aliphatic hydroxyl groups excluding tert-OH is 1. The van der Waals surface area contributed by atoms with Gasteiger partial charge in [0.25, 0.3) is 5.91 Å². The van der Waals surface area contributed by atoms with E-state index in [4.69, 9.17) is 10.00 Å². The average Bonchev–Trinajstić information content (AvgIpc) is 2.60. The molecule has 5 nitrogen and oxygen atoms in total. The van der Waals surface area contributed by atoms with Crippen molar-refractivity contribution in [1.29, 1.82) is 5.26 Å². The molecule has 3 rings (SSSR count). The molecule has 7 heteroatoms. The number of rotatable bonds is 2. The first kappa shape index (κ1) is 17.8. The van der Waals surface area contributed by atoms with Crippen molar-refractivity contribution in [3.05, 3.63) is 64.7 Å². The van der Waals surface area contributed by atoms with E-state index in [0.717, 1.165) is 18.2 Å². The molecule has 0 bridgehead atoms. The lowest BCUT2D eigenvalue weighted by atomic mass is 9.85. The number of aliphatic hydroxyl groups is 1. The van der Waals surface area contributed by atoms with Gasteiger partial charge in [-0.3, -0.25) is 4.79 Å². The van der Waals surface area contributed by atoms with Crippen molar-refractivity contribution in [3.8, 4) is 11.8 Å². The Kier molecular flexibility index (Phi) is 4.38. The van der Waals surface area contributed by atoms with Gasteiger partial charge in [-0.15, -0.1) is 0 Å². The van der Waals surface area contributed by atoms with Crippen LogP contribution < -0.4 is 10.1 Å². The Morgan fingerprint density at radius 2 is 1.96 bits per heavy atom. The van der Waals surface area contributed by atoms with Gasteiger partial charge in [0.2, 0.25) is 0 Å². The minimum atomic E-state index is -1.14. The molecule has 1 aliphatic rings. The molecular weight excluding hydrogens is 342 g/mol. The van der Waals surface area contributed by atoms with Gasteiger partial charge in [-0.2, -0.15) is 5.26 Å². The Bertz CT molecular complexity index is 921. The average molecular weight is 358 g/mol. The first-order valence-corrected chi connectivity index (χ1v) is 7.90. The topological polar surface area (TPSA) is 82.3 Å². The molecule has 2 aromatic rings. The largest absolute Gasteiger partial charge is 0.485 e. The Labute approximate surface area is 148 Å². The van der Waals surface area contributed by atoms with Crippen molar-refractivity contribution >= 4 is 5.91 Å². The van der Waals surface area contributed by atoms with Crippen LogP contribution in [0.4, 0.5) is 8.78 Å². The molecule has 2 N–H and O–H groups in total. The van der Waals surface area contributed by atoms with Crippen LogP contribution in [0.25, 0.3) is 0 Å². The van der Waals surface area contributed by atoms with Crippen LogP contribution in [0.2, 0.25) is 0 Å². The predicted molar refractivity (Wildman–Crippen MR) is 88.4 cm³/mol. The van der Waals surface area contributed by atoms with Gasteiger partial charge in [-0.05, 0) is 50.2 Å². The number of ether oxygens (including phenoxy) is 1. The van der Waals surface area contributed by atoms with E-state index in [9.17, 15) is 18.7 Å². The second-order valence-electron chi connectivity index (χ2n) is 6.59. The lowest BCUT2D eigenvalue weighted by Gasteiger charge is -2.43. The third kappa shape index (κ3) is 3.11. The lowest BCUT2D eigenvalue weighted by Crippen LogP contribution is -2.57. The smallest absolute Gasteiger partial charge is 0.251 e. The summed E-state index contributed by atoms with van der Waals surface area (Å²) in [6.45, 7) is 3.38. The number of benzene rings is 2. The molecule has 0 radical (unpaired) electrons. The highest BCUT2D eigenvalue weighted by molar-refractivity contribution is 5.94. The van der Waals surface area contributed by atoms with Crippen molar-refractivity contribution in [2.24, 2.45) is 0 Å². The molecule has 1 amide bonds. The number of nitrogens with zero attached hydrogens (tertiary/aromatic N) is 1. The predicted octanol–water partition coefficient (Wildman–Crippen LogP) is 2.84. The number of hydrogen-bond donors (Lipinski definition) is 2. The second-order valence-corrected chi connectivity index (χ2v) is 6.59. The van der Waals surface area contributed by atoms with Crippen molar-refractivity contribution in [2.75, 3.05) is 0 Å². The summed E-state index contributed by atoms with van der Waals surface area (Å²) in [5.74, 6) is -2.45. The quantitative estimate of drug-likeness (QED) is 0.865. The summed E-state index contributed by atoms with van der Waals surface area (Å²) in [6, 6.07) is 8.56. The molecule has 0 spiro atoms. The Hall–Kier alpha value is -2.98. The van der Waals surface area contributed by atoms with E-state index in [-0.39, 0.29) is 5.56 Å². The zero-order valence-corrected chi connectivity index (χ0v) is 14.1. The number of nitrogens with one attached hydrogen (secondary N) is 1. The van der Waals surface area contributed by atoms with Crippen LogP contribution in [0.5, 0.6) is 5.75 Å². The van der Waals surface area contributed by atoms with Crippen LogP contribution in [0.3, 0.4) is 0 Å². The SMILES string of the molecule is CC1(C)Oc2ccc(C#N)cc2C(O)[C@H]1NC(=O)c1ccc(F)c(F)c1. The van der Waals surface area contributed by atoms with Gasteiger partial charge in [-0.1, -0.05) is 0 Å². The molecular formula is C19H16F2N2O3. The van der Waals surface area contributed by atoms with E-state index in [1.54, 1.807) is 26.0 Å². The van der Waals surface area contributed by atoms with Crippen LogP contribution in [-0.2, 0) is 0 Å². The van der Waals surface area contributed by atoms with Gasteiger partial charge in [-0.25, -0.2) is 8.78 Å². The first-order valence-electron chi connectivity index (χ1n) is 7.90. The van der Waals surface area contributed by atoms with Crippen LogP contribution in [0, 0.1) is 23.0 Å². The molecule has 1 unspecified atom stereocenters. The molecule has 1 aliphatic heterocycles. The molecule has 0 saturated carbocycles. The van der Waals surface area contributed by atoms with Gasteiger partial charge in [0.1, 0.15) is 17.5 Å². The second kappa shape index (κ2) is 6.39. The third-order valence-electron chi connectivity index (χ3n) is 4.36. The summed E-state index contributed by atoms with van der Waals surface area (Å²) in [5, 5.41) is 22.4. The van der Waals surface area contributed by atoms with Crippen LogP contribution in [0.15, 0.2) is 36.4 Å². The summed E-state index contributed by atoms with van der Waals surface area (Å²) < 4.78 is 32.3. The van der Waals surface area contributed by atoms with Crippen molar-refractivity contribution in [3.63, 3.8) is 0 Å². The normalized spacial score (nSPS) is 20.5. The minimum Gasteiger partial charge on any atom is -0.485 e. The van der Waals surface area contributed by atoms with E-state index in [2.05, 4.69) is 5.32 Å². The van der Waals surface area contributed by atoms with E-state index >= 15 is 0 Å². The molecule has 134 valence electrons. The fourth-order valence-corrected chi connectivity index (χ4v) is 2.96. The van der Waals surface area contributed by atoms with Gasteiger partial charge >= 0.3 is 0 Å². The number of carbonyl (C=O) groups excluding carboxylic acids is 1. The Morgan fingerprint density at radius 1 is 1.23 bits per heavy atom. The molecule has 0 aromatic heterocycles. The van der Waals surface area contributed by atoms with Gasteiger partial charge in [0, 0.05) is 11.1 Å². The summed E-state index contributed by atoms with van der Waals surface area (Å²) in [5.41, 5.74) is -0.339. The van der Waals surface area contributed by atoms with Crippen LogP contribution >= 0.6 is 0 Å². The Balaban J connectivity index is 1.91. The van der Waals surface area contributed by atoms with Gasteiger partial charge in [0.15, 0.2) is 11.6 Å². The van der Waals surface area contributed by atoms with E-state index in [0.29, 0.717) is 16.9 Å². The van der Waals surface area contributed by atoms with E-state index in [1.807, 2.05) is 6.07 Å². The standard InChI is InChI=1S/C19H16F2N2O3/c1-19(2)17(23-18(25)11-4-5-13(20)14(21)8-11)16(24)12-7-10(9-22)3-6-15(12)26-19/h3-8,16-17,24H,1-2H3,(H,23,25)/t16?,17-/m1/s1. The number of carbonyl (C=O) groups is 1. The molecule has 0 aliphatic carbocycles. The van der Waals surface area contributed by atoms with Crippen LogP contribution in [0.1, 0.15) is 41.4 Å². The van der Waals surface area contributed by atoms with Crippen LogP contribution in [-0.4, -0.2) is 22.7 Å². The highest BCUT2D eigenvalue weighted by Crippen LogP contribution is 2.40. The van der Waals surface area contributed by atoms with Gasteiger partial charge in [0.05, 0.1) is 17.7 Å². The summed E-state index contributed by atoms with van der Waals surface area (Å²) in [4.78, 5) is 12.4. The van der Waals surface area contributed by atoms with Gasteiger partial charge < -0.3 is 15.2 Å². The Morgan fingerprint density at radius 3 is 2.62 bits per heavy atom. The maximum Gasteiger partial charge on any atom is 0.251 e. The van der Waals surface area contributed by atoms with Crippen molar-refractivity contribution in [2.45, 2.75) is 31.6 Å². The minimum absolute atomic E-state index is 0.0801. The molecule has 26 heavy (non-hydrogen) atoms. The zero-order chi connectivity index (χ0) is 19.1. The third-order valence-corrected chi connectivity index (χ3v) is 4.36. The summed E-state index contributed by atoms with van der Waals surface area (Å²) >= 11 is 0. The highest BCUT2D eigenvalue weighted by atomic mass is 19.2. The first-order chi connectivity index (χ1) is 12.2. The maximum atomic E-state index is 13.4. The maximum absolute atomic E-state index is 13.4. The zero-order valence-electron chi connectivity index (χ0n) is 14.1. The van der Waals surface area contributed by atoms with E-state index < -0.39 is 35.3 Å². The van der Waals surface area contributed by atoms with Crippen molar-refractivity contribution in [1.82, 2.24) is 5.32 Å². The number of halogens is 2. The molecule has 2 atom stereocenters. The summed E-state index contributed by atoms with van der Waals surface area (Å²) in [7, 11) is 0. The number of amides is 1. The number of fused-ring (bicyclic) bond motifs is 1. The van der Waals surface area contributed by atoms with Crippen molar-refractivity contribution < 1.29 is 23.4 Å². The molecule has 0 saturated heterocycles.